The standard InChI is InChI=1S/C19H17ClN2O5/c1-12(27-16-7-5-15(25-2)6-8-16)19(24)26-11-18(23)22-14-4-3-13(10-21)17(20)9-14/h3-9,12H,11H2,1-2H3,(H,22,23). The molecule has 140 valence electrons. The first-order chi connectivity index (χ1) is 12.9. The maximum atomic E-state index is 12.0. The molecule has 7 nitrogen and oxygen atoms in total. The highest BCUT2D eigenvalue weighted by Crippen LogP contribution is 2.20. The Kier molecular flexibility index (Phi) is 7.03. The molecule has 1 N–H and O–H groups in total. The van der Waals surface area contributed by atoms with Crippen LogP contribution in [0.15, 0.2) is 42.5 Å². The largest absolute Gasteiger partial charge is 0.497 e. The number of benzene rings is 2. The first-order valence-corrected chi connectivity index (χ1v) is 8.27. The summed E-state index contributed by atoms with van der Waals surface area (Å²) in [6.45, 7) is 1.04. The van der Waals surface area contributed by atoms with Gasteiger partial charge < -0.3 is 19.5 Å². The van der Waals surface area contributed by atoms with Gasteiger partial charge in [0.25, 0.3) is 5.91 Å². The number of nitrogens with zero attached hydrogens (tertiary/aromatic N) is 1. The van der Waals surface area contributed by atoms with Crippen LogP contribution in [0, 0.1) is 11.3 Å². The second-order valence-corrected chi connectivity index (χ2v) is 5.81. The average molecular weight is 389 g/mol. The van der Waals surface area contributed by atoms with Crippen molar-refractivity contribution in [3.63, 3.8) is 0 Å². The Bertz CT molecular complexity index is 861. The number of nitriles is 1. The first kappa shape index (κ1) is 20.1. The summed E-state index contributed by atoms with van der Waals surface area (Å²) in [5.41, 5.74) is 0.688. The zero-order valence-electron chi connectivity index (χ0n) is 14.7. The summed E-state index contributed by atoms with van der Waals surface area (Å²) < 4.78 is 15.4. The number of nitrogens with one attached hydrogen (secondary N) is 1. The highest BCUT2D eigenvalue weighted by atomic mass is 35.5. The fraction of sp³-hybridized carbons (Fsp3) is 0.211. The molecular weight excluding hydrogens is 372 g/mol. The van der Waals surface area contributed by atoms with Crippen LogP contribution in [0.25, 0.3) is 0 Å². The lowest BCUT2D eigenvalue weighted by molar-refractivity contribution is -0.153. The molecule has 2 aromatic carbocycles. The van der Waals surface area contributed by atoms with Crippen molar-refractivity contribution < 1.29 is 23.8 Å². The molecule has 0 aliphatic carbocycles. The Balaban J connectivity index is 1.82. The third kappa shape index (κ3) is 5.90. The molecule has 0 saturated carbocycles. The van der Waals surface area contributed by atoms with Crippen LogP contribution in [-0.4, -0.2) is 31.7 Å². The van der Waals surface area contributed by atoms with Crippen LogP contribution in [0.2, 0.25) is 5.02 Å². The van der Waals surface area contributed by atoms with Gasteiger partial charge in [-0.15, -0.1) is 0 Å². The number of anilines is 1. The lowest BCUT2D eigenvalue weighted by Crippen LogP contribution is -2.29. The molecule has 2 aromatic rings. The Morgan fingerprint density at radius 3 is 2.44 bits per heavy atom. The number of esters is 1. The zero-order chi connectivity index (χ0) is 19.8. The number of carbonyl (C=O) groups is 2. The SMILES string of the molecule is COc1ccc(OC(C)C(=O)OCC(=O)Nc2ccc(C#N)c(Cl)c2)cc1. The molecule has 0 fully saturated rings. The highest BCUT2D eigenvalue weighted by Gasteiger charge is 2.18. The van der Waals surface area contributed by atoms with E-state index in [1.165, 1.54) is 25.1 Å². The smallest absolute Gasteiger partial charge is 0.347 e. The Morgan fingerprint density at radius 2 is 1.85 bits per heavy atom. The lowest BCUT2D eigenvalue weighted by Gasteiger charge is -2.14. The summed E-state index contributed by atoms with van der Waals surface area (Å²) in [6, 6.07) is 13.1. The number of hydrogen-bond acceptors (Lipinski definition) is 6. The third-order valence-corrected chi connectivity index (χ3v) is 3.74. The van der Waals surface area contributed by atoms with Crippen molar-refractivity contribution >= 4 is 29.2 Å². The van der Waals surface area contributed by atoms with Gasteiger partial charge in [-0.1, -0.05) is 11.6 Å². The molecule has 0 heterocycles. The number of halogens is 1. The lowest BCUT2D eigenvalue weighted by atomic mass is 10.2. The Morgan fingerprint density at radius 1 is 1.19 bits per heavy atom. The average Bonchev–Trinajstić information content (AvgIpc) is 2.66. The van der Waals surface area contributed by atoms with Crippen molar-refractivity contribution in [2.24, 2.45) is 0 Å². The van der Waals surface area contributed by atoms with Crippen LogP contribution in [0.5, 0.6) is 11.5 Å². The van der Waals surface area contributed by atoms with E-state index in [9.17, 15) is 9.59 Å². The molecule has 0 saturated heterocycles. The van der Waals surface area contributed by atoms with E-state index >= 15 is 0 Å². The Hall–Kier alpha value is -3.24. The highest BCUT2D eigenvalue weighted by molar-refractivity contribution is 6.32. The minimum Gasteiger partial charge on any atom is -0.497 e. The molecule has 0 radical (unpaired) electrons. The van der Waals surface area contributed by atoms with E-state index in [0.29, 0.717) is 22.7 Å². The number of carbonyl (C=O) groups excluding carboxylic acids is 2. The van der Waals surface area contributed by atoms with Gasteiger partial charge >= 0.3 is 5.97 Å². The molecule has 0 aliphatic rings. The molecule has 0 bridgehead atoms. The number of rotatable bonds is 7. The van der Waals surface area contributed by atoms with Gasteiger partial charge in [-0.25, -0.2) is 4.79 Å². The van der Waals surface area contributed by atoms with Gasteiger partial charge in [0.05, 0.1) is 17.7 Å². The van der Waals surface area contributed by atoms with Crippen molar-refractivity contribution in [3.05, 3.63) is 53.1 Å². The van der Waals surface area contributed by atoms with E-state index in [4.69, 9.17) is 31.1 Å². The van der Waals surface area contributed by atoms with E-state index in [1.807, 2.05) is 6.07 Å². The summed E-state index contributed by atoms with van der Waals surface area (Å²) in [5.74, 6) is -0.0892. The number of methoxy groups -OCH3 is 1. The molecule has 0 aliphatic heterocycles. The summed E-state index contributed by atoms with van der Waals surface area (Å²) in [6.07, 6.45) is -0.893. The van der Waals surface area contributed by atoms with Crippen molar-refractivity contribution in [2.75, 3.05) is 19.0 Å². The molecular formula is C19H17ClN2O5. The van der Waals surface area contributed by atoms with E-state index < -0.39 is 24.6 Å². The van der Waals surface area contributed by atoms with Crippen molar-refractivity contribution in [1.82, 2.24) is 0 Å². The van der Waals surface area contributed by atoms with Crippen molar-refractivity contribution in [1.29, 1.82) is 5.26 Å². The summed E-state index contributed by atoms with van der Waals surface area (Å²) in [7, 11) is 1.55. The van der Waals surface area contributed by atoms with Crippen LogP contribution in [0.1, 0.15) is 12.5 Å². The molecule has 2 rings (SSSR count). The zero-order valence-corrected chi connectivity index (χ0v) is 15.4. The monoisotopic (exact) mass is 388 g/mol. The Labute approximate surface area is 161 Å². The van der Waals surface area contributed by atoms with Gasteiger partial charge in [0.15, 0.2) is 12.7 Å². The van der Waals surface area contributed by atoms with Gasteiger partial charge in [0, 0.05) is 5.69 Å². The predicted molar refractivity (Wildman–Crippen MR) is 98.8 cm³/mol. The summed E-state index contributed by atoms with van der Waals surface area (Å²) >= 11 is 5.89. The van der Waals surface area contributed by atoms with Crippen molar-refractivity contribution in [2.45, 2.75) is 13.0 Å². The van der Waals surface area contributed by atoms with Crippen LogP contribution < -0.4 is 14.8 Å². The molecule has 0 aromatic heterocycles. The van der Waals surface area contributed by atoms with E-state index in [2.05, 4.69) is 5.32 Å². The minimum absolute atomic E-state index is 0.216. The molecule has 1 atom stereocenters. The fourth-order valence-corrected chi connectivity index (χ4v) is 2.26. The van der Waals surface area contributed by atoms with E-state index in [1.54, 1.807) is 31.4 Å². The van der Waals surface area contributed by atoms with Gasteiger partial charge in [-0.3, -0.25) is 4.79 Å². The quantitative estimate of drug-likeness (QED) is 0.731. The van der Waals surface area contributed by atoms with Gasteiger partial charge in [0.2, 0.25) is 0 Å². The van der Waals surface area contributed by atoms with Gasteiger partial charge in [-0.05, 0) is 49.4 Å². The van der Waals surface area contributed by atoms with Gasteiger partial charge in [0.1, 0.15) is 17.6 Å². The maximum absolute atomic E-state index is 12.0. The van der Waals surface area contributed by atoms with Gasteiger partial charge in [-0.2, -0.15) is 5.26 Å². The van der Waals surface area contributed by atoms with E-state index in [-0.39, 0.29) is 5.02 Å². The first-order valence-electron chi connectivity index (χ1n) is 7.89. The topological polar surface area (TPSA) is 97.7 Å². The molecule has 8 heteroatoms. The number of ether oxygens (including phenoxy) is 3. The maximum Gasteiger partial charge on any atom is 0.347 e. The fourth-order valence-electron chi connectivity index (χ4n) is 2.04. The molecule has 1 unspecified atom stereocenters. The third-order valence-electron chi connectivity index (χ3n) is 3.42. The normalized spacial score (nSPS) is 11.0. The summed E-state index contributed by atoms with van der Waals surface area (Å²) in [5, 5.41) is 11.6. The second-order valence-electron chi connectivity index (χ2n) is 5.40. The predicted octanol–water partition coefficient (Wildman–Crippen LogP) is 3.17. The van der Waals surface area contributed by atoms with Crippen LogP contribution in [-0.2, 0) is 14.3 Å². The number of hydrogen-bond donors (Lipinski definition) is 1. The minimum atomic E-state index is -0.893. The van der Waals surface area contributed by atoms with Crippen molar-refractivity contribution in [3.8, 4) is 17.6 Å². The van der Waals surface area contributed by atoms with Crippen LogP contribution >= 0.6 is 11.6 Å². The number of amides is 1. The molecule has 1 amide bonds. The van der Waals surface area contributed by atoms with Crippen LogP contribution in [0.3, 0.4) is 0 Å². The summed E-state index contributed by atoms with van der Waals surface area (Å²) in [4.78, 5) is 23.8. The molecule has 0 spiro atoms. The second kappa shape index (κ2) is 9.46. The van der Waals surface area contributed by atoms with Crippen LogP contribution in [0.4, 0.5) is 5.69 Å². The van der Waals surface area contributed by atoms with E-state index in [0.717, 1.165) is 0 Å². The molecule has 27 heavy (non-hydrogen) atoms.